The number of aromatic nitrogens is 2. The van der Waals surface area contributed by atoms with Gasteiger partial charge >= 0.3 is 0 Å². The monoisotopic (exact) mass is 304 g/mol. The van der Waals surface area contributed by atoms with E-state index in [1.165, 1.54) is 6.20 Å². The molecular weight excluding hydrogens is 296 g/mol. The molecule has 18 heavy (non-hydrogen) atoms. The second-order valence-corrected chi connectivity index (χ2v) is 4.50. The Bertz CT molecular complexity index is 642. The van der Waals surface area contributed by atoms with Crippen molar-refractivity contribution in [1.82, 2.24) is 9.55 Å². The lowest BCUT2D eigenvalue weighted by molar-refractivity contribution is 0.101. The molecule has 5 nitrogen and oxygen atoms in total. The van der Waals surface area contributed by atoms with Crippen molar-refractivity contribution in [1.29, 1.82) is 5.26 Å². The number of nitriles is 1. The number of nitrogens with one attached hydrogen (secondary N) is 1. The average molecular weight is 305 g/mol. The molecule has 1 aromatic heterocycles. The maximum absolute atomic E-state index is 11.9. The van der Waals surface area contributed by atoms with E-state index < -0.39 is 0 Å². The highest BCUT2D eigenvalue weighted by Gasteiger charge is 2.11. The third-order valence-corrected chi connectivity index (χ3v) is 3.05. The van der Waals surface area contributed by atoms with Crippen molar-refractivity contribution in [2.24, 2.45) is 7.05 Å². The molecule has 1 aromatic carbocycles. The maximum atomic E-state index is 11.9. The summed E-state index contributed by atoms with van der Waals surface area (Å²) in [5.41, 5.74) is 1.60. The van der Waals surface area contributed by atoms with Crippen molar-refractivity contribution in [3.8, 4) is 6.07 Å². The first-order valence-corrected chi connectivity index (χ1v) is 5.88. The number of carbonyl (C=O) groups excluding carboxylic acids is 1. The van der Waals surface area contributed by atoms with Crippen LogP contribution in [0.25, 0.3) is 0 Å². The third kappa shape index (κ3) is 2.41. The molecule has 0 saturated carbocycles. The Morgan fingerprint density at radius 2 is 2.33 bits per heavy atom. The Kier molecular flexibility index (Phi) is 3.44. The Morgan fingerprint density at radius 1 is 1.56 bits per heavy atom. The van der Waals surface area contributed by atoms with Crippen LogP contribution in [-0.4, -0.2) is 15.5 Å². The van der Waals surface area contributed by atoms with Crippen molar-refractivity contribution in [3.63, 3.8) is 0 Å². The van der Waals surface area contributed by atoms with Crippen LogP contribution >= 0.6 is 15.9 Å². The summed E-state index contributed by atoms with van der Waals surface area (Å²) >= 11 is 3.31. The summed E-state index contributed by atoms with van der Waals surface area (Å²) in [7, 11) is 1.75. The molecule has 2 aromatic rings. The summed E-state index contributed by atoms with van der Waals surface area (Å²) in [6.07, 6.45) is 3.05. The molecule has 0 aliphatic heterocycles. The molecule has 0 spiro atoms. The predicted octanol–water partition coefficient (Wildman–Crippen LogP) is 2.31. The standard InChI is InChI=1S/C12H9BrN4O/c1-17-7-15-6-11(17)12(18)16-10-3-2-8(5-14)4-9(10)13/h2-4,6-7H,1H3,(H,16,18). The minimum Gasteiger partial charge on any atom is -0.330 e. The zero-order chi connectivity index (χ0) is 13.1. The summed E-state index contributed by atoms with van der Waals surface area (Å²) in [6.45, 7) is 0. The number of amides is 1. The summed E-state index contributed by atoms with van der Waals surface area (Å²) in [5.74, 6) is -0.250. The third-order valence-electron chi connectivity index (χ3n) is 2.40. The fourth-order valence-corrected chi connectivity index (χ4v) is 1.93. The second kappa shape index (κ2) is 5.02. The minimum absolute atomic E-state index is 0.250. The molecule has 90 valence electrons. The van der Waals surface area contributed by atoms with E-state index in [-0.39, 0.29) is 5.91 Å². The van der Waals surface area contributed by atoms with E-state index in [4.69, 9.17) is 5.26 Å². The average Bonchev–Trinajstić information content (AvgIpc) is 2.78. The van der Waals surface area contributed by atoms with Gasteiger partial charge in [-0.05, 0) is 34.1 Å². The second-order valence-electron chi connectivity index (χ2n) is 3.65. The summed E-state index contributed by atoms with van der Waals surface area (Å²) in [6, 6.07) is 7.00. The predicted molar refractivity (Wildman–Crippen MR) is 70.0 cm³/mol. The Hall–Kier alpha value is -2.13. The van der Waals surface area contributed by atoms with Crippen LogP contribution in [0.2, 0.25) is 0 Å². The van der Waals surface area contributed by atoms with Crippen LogP contribution in [0.3, 0.4) is 0 Å². The van der Waals surface area contributed by atoms with Gasteiger partial charge in [-0.15, -0.1) is 0 Å². The van der Waals surface area contributed by atoms with E-state index in [1.807, 2.05) is 6.07 Å². The van der Waals surface area contributed by atoms with Gasteiger partial charge in [0.1, 0.15) is 5.69 Å². The van der Waals surface area contributed by atoms with Gasteiger partial charge in [-0.2, -0.15) is 5.26 Å². The highest BCUT2D eigenvalue weighted by Crippen LogP contribution is 2.23. The van der Waals surface area contributed by atoms with E-state index >= 15 is 0 Å². The molecule has 0 fully saturated rings. The molecule has 0 saturated heterocycles. The Labute approximate surface area is 112 Å². The highest BCUT2D eigenvalue weighted by molar-refractivity contribution is 9.10. The van der Waals surface area contributed by atoms with Gasteiger partial charge in [-0.1, -0.05) is 0 Å². The quantitative estimate of drug-likeness (QED) is 0.925. The number of rotatable bonds is 2. The molecule has 1 heterocycles. The Balaban J connectivity index is 2.23. The van der Waals surface area contributed by atoms with Crippen molar-refractivity contribution in [3.05, 3.63) is 46.5 Å². The minimum atomic E-state index is -0.250. The summed E-state index contributed by atoms with van der Waals surface area (Å²) in [5, 5.41) is 11.5. The van der Waals surface area contributed by atoms with Crippen LogP contribution in [0.15, 0.2) is 35.2 Å². The normalized spacial score (nSPS) is 9.83. The number of carbonyl (C=O) groups is 1. The molecule has 0 aliphatic rings. The van der Waals surface area contributed by atoms with Crippen LogP contribution < -0.4 is 5.32 Å². The van der Waals surface area contributed by atoms with Crippen LogP contribution in [0.4, 0.5) is 5.69 Å². The topological polar surface area (TPSA) is 70.7 Å². The van der Waals surface area contributed by atoms with Crippen LogP contribution in [0.1, 0.15) is 16.1 Å². The first kappa shape index (κ1) is 12.3. The molecule has 0 unspecified atom stereocenters. The number of nitrogens with zero attached hydrogens (tertiary/aromatic N) is 3. The van der Waals surface area contributed by atoms with Gasteiger partial charge in [-0.25, -0.2) is 4.98 Å². The van der Waals surface area contributed by atoms with E-state index in [9.17, 15) is 4.79 Å². The zero-order valence-electron chi connectivity index (χ0n) is 9.51. The lowest BCUT2D eigenvalue weighted by Crippen LogP contribution is -2.15. The first-order chi connectivity index (χ1) is 8.61. The fraction of sp³-hybridized carbons (Fsp3) is 0.0833. The van der Waals surface area contributed by atoms with Crippen molar-refractivity contribution in [2.75, 3.05) is 5.32 Å². The molecule has 6 heteroatoms. The molecule has 0 atom stereocenters. The molecule has 0 bridgehead atoms. The van der Waals surface area contributed by atoms with Gasteiger partial charge < -0.3 is 9.88 Å². The molecular formula is C12H9BrN4O. The lowest BCUT2D eigenvalue weighted by Gasteiger charge is -2.07. The largest absolute Gasteiger partial charge is 0.330 e. The number of aryl methyl sites for hydroxylation is 1. The first-order valence-electron chi connectivity index (χ1n) is 5.09. The van der Waals surface area contributed by atoms with Gasteiger partial charge in [0.05, 0.1) is 29.8 Å². The van der Waals surface area contributed by atoms with Crippen molar-refractivity contribution in [2.45, 2.75) is 0 Å². The van der Waals surface area contributed by atoms with E-state index in [2.05, 4.69) is 26.2 Å². The number of anilines is 1. The summed E-state index contributed by atoms with van der Waals surface area (Å²) < 4.78 is 2.30. The molecule has 1 amide bonds. The van der Waals surface area contributed by atoms with E-state index in [0.717, 1.165) is 0 Å². The Morgan fingerprint density at radius 3 is 2.89 bits per heavy atom. The van der Waals surface area contributed by atoms with Crippen LogP contribution in [-0.2, 0) is 7.05 Å². The number of hydrogen-bond donors (Lipinski definition) is 1. The van der Waals surface area contributed by atoms with Crippen molar-refractivity contribution >= 4 is 27.5 Å². The number of hydrogen-bond acceptors (Lipinski definition) is 3. The maximum Gasteiger partial charge on any atom is 0.273 e. The molecule has 0 aliphatic carbocycles. The zero-order valence-corrected chi connectivity index (χ0v) is 11.1. The lowest BCUT2D eigenvalue weighted by atomic mass is 10.2. The van der Waals surface area contributed by atoms with Gasteiger partial charge in [0.25, 0.3) is 5.91 Å². The number of imidazole rings is 1. The van der Waals surface area contributed by atoms with E-state index in [0.29, 0.717) is 21.4 Å². The number of halogens is 1. The number of benzene rings is 1. The fourth-order valence-electron chi connectivity index (χ4n) is 1.45. The van der Waals surface area contributed by atoms with Crippen LogP contribution in [0.5, 0.6) is 0 Å². The van der Waals surface area contributed by atoms with E-state index in [1.54, 1.807) is 36.1 Å². The highest BCUT2D eigenvalue weighted by atomic mass is 79.9. The van der Waals surface area contributed by atoms with Crippen LogP contribution in [0, 0.1) is 11.3 Å². The summed E-state index contributed by atoms with van der Waals surface area (Å²) in [4.78, 5) is 15.8. The van der Waals surface area contributed by atoms with Gasteiger partial charge in [0, 0.05) is 11.5 Å². The smallest absolute Gasteiger partial charge is 0.273 e. The van der Waals surface area contributed by atoms with Crippen molar-refractivity contribution < 1.29 is 4.79 Å². The molecule has 1 N–H and O–H groups in total. The van der Waals surface area contributed by atoms with Gasteiger partial charge in [0.15, 0.2) is 0 Å². The molecule has 2 rings (SSSR count). The SMILES string of the molecule is Cn1cncc1C(=O)Nc1ccc(C#N)cc1Br. The van der Waals surface area contributed by atoms with Gasteiger partial charge in [0.2, 0.25) is 0 Å². The van der Waals surface area contributed by atoms with Gasteiger partial charge in [-0.3, -0.25) is 4.79 Å². The molecule has 0 radical (unpaired) electrons.